The van der Waals surface area contributed by atoms with Crippen molar-refractivity contribution in [2.45, 2.75) is 96.0 Å². The van der Waals surface area contributed by atoms with Crippen molar-refractivity contribution in [3.05, 3.63) is 59.7 Å². The Labute approximate surface area is 200 Å². The van der Waals surface area contributed by atoms with Gasteiger partial charge in [0.15, 0.2) is 0 Å². The molecule has 0 fully saturated rings. The van der Waals surface area contributed by atoms with Crippen LogP contribution < -0.4 is 0 Å². The van der Waals surface area contributed by atoms with Crippen molar-refractivity contribution in [2.24, 2.45) is 5.41 Å². The van der Waals surface area contributed by atoms with Crippen LogP contribution in [-0.2, 0) is 14.9 Å². The van der Waals surface area contributed by atoms with Gasteiger partial charge in [0.05, 0.1) is 19.1 Å². The van der Waals surface area contributed by atoms with Crippen LogP contribution in [0.4, 0.5) is 0 Å². The summed E-state index contributed by atoms with van der Waals surface area (Å²) in [4.78, 5) is 11.5. The van der Waals surface area contributed by atoms with Gasteiger partial charge in [-0.05, 0) is 49.5 Å². The Kier molecular flexibility index (Phi) is 11.4. The number of aliphatic hydroxyl groups excluding tert-OH is 1. The first-order valence-electron chi connectivity index (χ1n) is 12.6. The maximum Gasteiger partial charge on any atom is 0.304 e. The Hall–Kier alpha value is -1.91. The third kappa shape index (κ3) is 9.10. The molecule has 2 rings (SSSR count). The zero-order chi connectivity index (χ0) is 24.2. The van der Waals surface area contributed by atoms with Crippen LogP contribution in [0.15, 0.2) is 54.1 Å². The molecule has 0 heterocycles. The number of methoxy groups -OCH3 is 1. The second-order valence-corrected chi connectivity index (χ2v) is 10.3. The monoisotopic (exact) mass is 456 g/mol. The predicted molar refractivity (Wildman–Crippen MR) is 135 cm³/mol. The standard InChI is InChI=1S/C29H44O4/c1-28(22-27(31)32,24-14-6-4-7-15-24)20-12-10-18-26(30)19-11-13-21-29(2,23-33-3)25-16-8-5-9-17-25/h4-6,8-9,14,16-17,26,30H,7,10-13,15,18-23H2,1-3H3,(H,31,32). The molecule has 0 saturated heterocycles. The lowest BCUT2D eigenvalue weighted by molar-refractivity contribution is -0.139. The number of unbranched alkanes of at least 4 members (excludes halogenated alkanes) is 2. The Balaban J connectivity index is 1.72. The van der Waals surface area contributed by atoms with Crippen LogP contribution in [0.1, 0.15) is 90.0 Å². The molecule has 3 atom stereocenters. The van der Waals surface area contributed by atoms with E-state index >= 15 is 0 Å². The number of carboxylic acid groups (broad SMARTS) is 1. The highest BCUT2D eigenvalue weighted by molar-refractivity contribution is 5.68. The highest BCUT2D eigenvalue weighted by atomic mass is 16.5. The van der Waals surface area contributed by atoms with Gasteiger partial charge < -0.3 is 14.9 Å². The average Bonchev–Trinajstić information content (AvgIpc) is 2.80. The number of aliphatic hydroxyl groups is 1. The number of benzene rings is 1. The van der Waals surface area contributed by atoms with Gasteiger partial charge in [-0.3, -0.25) is 4.79 Å². The van der Waals surface area contributed by atoms with Gasteiger partial charge in [0.1, 0.15) is 0 Å². The van der Waals surface area contributed by atoms with Gasteiger partial charge >= 0.3 is 5.97 Å². The van der Waals surface area contributed by atoms with Crippen LogP contribution in [0.25, 0.3) is 0 Å². The fraction of sp³-hybridized carbons (Fsp3) is 0.621. The van der Waals surface area contributed by atoms with Crippen LogP contribution in [0.3, 0.4) is 0 Å². The maximum absolute atomic E-state index is 11.5. The molecule has 2 N–H and O–H groups in total. The molecule has 0 radical (unpaired) electrons. The van der Waals surface area contributed by atoms with E-state index in [-0.39, 0.29) is 23.4 Å². The lowest BCUT2D eigenvalue weighted by Crippen LogP contribution is -2.28. The van der Waals surface area contributed by atoms with Gasteiger partial charge in [-0.1, -0.05) is 93.7 Å². The molecule has 1 aromatic carbocycles. The minimum Gasteiger partial charge on any atom is -0.481 e. The Bertz CT molecular complexity index is 769. The predicted octanol–water partition coefficient (Wildman–Crippen LogP) is 6.83. The first-order valence-corrected chi connectivity index (χ1v) is 12.6. The van der Waals surface area contributed by atoms with Gasteiger partial charge in [-0.25, -0.2) is 0 Å². The fourth-order valence-electron chi connectivity index (χ4n) is 5.20. The molecule has 0 saturated carbocycles. The summed E-state index contributed by atoms with van der Waals surface area (Å²) in [5.74, 6) is -0.732. The minimum absolute atomic E-state index is 0.00144. The van der Waals surface area contributed by atoms with Crippen molar-refractivity contribution in [2.75, 3.05) is 13.7 Å². The summed E-state index contributed by atoms with van der Waals surface area (Å²) in [6, 6.07) is 10.5. The normalized spacial score (nSPS) is 18.2. The number of hydrogen-bond acceptors (Lipinski definition) is 3. The second kappa shape index (κ2) is 13.7. The summed E-state index contributed by atoms with van der Waals surface area (Å²) >= 11 is 0. The zero-order valence-electron chi connectivity index (χ0n) is 20.9. The van der Waals surface area contributed by atoms with Crippen LogP contribution in [0, 0.1) is 5.41 Å². The van der Waals surface area contributed by atoms with Gasteiger partial charge in [0, 0.05) is 12.5 Å². The summed E-state index contributed by atoms with van der Waals surface area (Å²) in [5, 5.41) is 19.9. The molecular formula is C29H44O4. The van der Waals surface area contributed by atoms with Crippen LogP contribution in [-0.4, -0.2) is 36.0 Å². The van der Waals surface area contributed by atoms with E-state index in [1.165, 1.54) is 11.1 Å². The van der Waals surface area contributed by atoms with Crippen molar-refractivity contribution in [1.29, 1.82) is 0 Å². The van der Waals surface area contributed by atoms with E-state index in [2.05, 4.69) is 56.3 Å². The largest absolute Gasteiger partial charge is 0.481 e. The van der Waals surface area contributed by atoms with Crippen LogP contribution >= 0.6 is 0 Å². The number of aliphatic carboxylic acids is 1. The summed E-state index contributed by atoms with van der Waals surface area (Å²) < 4.78 is 5.51. The smallest absolute Gasteiger partial charge is 0.304 e. The molecule has 4 nitrogen and oxygen atoms in total. The third-order valence-corrected chi connectivity index (χ3v) is 7.30. The molecule has 0 bridgehead atoms. The second-order valence-electron chi connectivity index (χ2n) is 10.3. The Morgan fingerprint density at radius 3 is 2.21 bits per heavy atom. The number of carbonyl (C=O) groups is 1. The third-order valence-electron chi connectivity index (χ3n) is 7.30. The van der Waals surface area contributed by atoms with E-state index in [9.17, 15) is 15.0 Å². The molecule has 1 aliphatic carbocycles. The molecule has 1 aliphatic rings. The van der Waals surface area contributed by atoms with E-state index in [1.807, 2.05) is 6.07 Å². The van der Waals surface area contributed by atoms with Crippen molar-refractivity contribution in [1.82, 2.24) is 0 Å². The average molecular weight is 457 g/mol. The van der Waals surface area contributed by atoms with Crippen molar-refractivity contribution >= 4 is 5.97 Å². The molecule has 0 amide bonds. The quantitative estimate of drug-likeness (QED) is 0.268. The molecule has 0 aliphatic heterocycles. The molecule has 4 heteroatoms. The molecule has 0 spiro atoms. The molecule has 33 heavy (non-hydrogen) atoms. The van der Waals surface area contributed by atoms with Crippen molar-refractivity contribution < 1.29 is 19.7 Å². The molecule has 1 aromatic rings. The SMILES string of the molecule is COCC(C)(CCCCC(O)CCCCC(C)(CC(=O)O)C1=CC=CCC1)c1ccccc1. The topological polar surface area (TPSA) is 66.8 Å². The molecule has 3 unspecified atom stereocenters. The molecular weight excluding hydrogens is 412 g/mol. The van der Waals surface area contributed by atoms with Crippen LogP contribution in [0.2, 0.25) is 0 Å². The molecule has 0 aromatic heterocycles. The maximum atomic E-state index is 11.5. The zero-order valence-corrected chi connectivity index (χ0v) is 20.9. The first kappa shape index (κ1) is 27.3. The van der Waals surface area contributed by atoms with Crippen molar-refractivity contribution in [3.63, 3.8) is 0 Å². The number of carboxylic acids is 1. The highest BCUT2D eigenvalue weighted by Crippen LogP contribution is 2.40. The van der Waals surface area contributed by atoms with Crippen LogP contribution in [0.5, 0.6) is 0 Å². The van der Waals surface area contributed by atoms with E-state index < -0.39 is 5.97 Å². The lowest BCUT2D eigenvalue weighted by atomic mass is 9.72. The van der Waals surface area contributed by atoms with Gasteiger partial charge in [-0.15, -0.1) is 0 Å². The summed E-state index contributed by atoms with van der Waals surface area (Å²) in [7, 11) is 1.76. The summed E-state index contributed by atoms with van der Waals surface area (Å²) in [5.41, 5.74) is 2.27. The Morgan fingerprint density at radius 1 is 1.03 bits per heavy atom. The highest BCUT2D eigenvalue weighted by Gasteiger charge is 2.31. The molecule has 184 valence electrons. The van der Waals surface area contributed by atoms with Gasteiger partial charge in [0.2, 0.25) is 0 Å². The lowest BCUT2D eigenvalue weighted by Gasteiger charge is -2.32. The first-order chi connectivity index (χ1) is 15.8. The number of allylic oxidation sites excluding steroid dienone is 4. The van der Waals surface area contributed by atoms with Crippen molar-refractivity contribution in [3.8, 4) is 0 Å². The summed E-state index contributed by atoms with van der Waals surface area (Å²) in [6.45, 7) is 5.04. The van der Waals surface area contributed by atoms with E-state index in [0.29, 0.717) is 6.61 Å². The Morgan fingerprint density at radius 2 is 1.67 bits per heavy atom. The van der Waals surface area contributed by atoms with Gasteiger partial charge in [0.25, 0.3) is 0 Å². The van der Waals surface area contributed by atoms with E-state index in [0.717, 1.165) is 64.2 Å². The number of hydrogen-bond donors (Lipinski definition) is 2. The summed E-state index contributed by atoms with van der Waals surface area (Å²) in [6.07, 6.45) is 15.6. The minimum atomic E-state index is -0.732. The number of rotatable bonds is 16. The fourth-order valence-corrected chi connectivity index (χ4v) is 5.20. The van der Waals surface area contributed by atoms with Gasteiger partial charge in [-0.2, -0.15) is 0 Å². The number of ether oxygens (including phenoxy) is 1. The van der Waals surface area contributed by atoms with E-state index in [4.69, 9.17) is 4.74 Å². The van der Waals surface area contributed by atoms with E-state index in [1.54, 1.807) is 7.11 Å².